The lowest BCUT2D eigenvalue weighted by Crippen LogP contribution is -2.14. The topological polar surface area (TPSA) is 85.1 Å². The van der Waals surface area contributed by atoms with E-state index in [0.717, 1.165) is 5.56 Å². The Morgan fingerprint density at radius 3 is 2.75 bits per heavy atom. The Kier molecular flexibility index (Phi) is 4.22. The molecule has 0 atom stereocenters. The minimum atomic E-state index is -0.332. The first-order valence-corrected chi connectivity index (χ1v) is 6.17. The summed E-state index contributed by atoms with van der Waals surface area (Å²) in [5, 5.41) is 2.71. The van der Waals surface area contributed by atoms with Crippen molar-refractivity contribution < 1.29 is 9.59 Å². The molecule has 2 rings (SSSR count). The molecule has 1 aromatic carbocycles. The number of hydrogen-bond donors (Lipinski definition) is 2. The van der Waals surface area contributed by atoms with E-state index in [0.29, 0.717) is 23.5 Å². The molecule has 0 fully saturated rings. The molecule has 3 N–H and O–H groups in total. The third kappa shape index (κ3) is 3.27. The molecule has 0 bridgehead atoms. The van der Waals surface area contributed by atoms with Crippen LogP contribution in [-0.4, -0.2) is 16.7 Å². The zero-order valence-corrected chi connectivity index (χ0v) is 11.1. The number of Topliss-reactive ketones (excluding diaryl/α,β-unsaturated/α-hetero) is 1. The molecular formula is C15H15N3O2. The van der Waals surface area contributed by atoms with Gasteiger partial charge in [-0.2, -0.15) is 0 Å². The van der Waals surface area contributed by atoms with Gasteiger partial charge in [0.25, 0.3) is 5.91 Å². The van der Waals surface area contributed by atoms with Gasteiger partial charge in [-0.05, 0) is 36.8 Å². The normalized spacial score (nSPS) is 10.1. The number of aromatic nitrogens is 1. The van der Waals surface area contributed by atoms with Gasteiger partial charge in [-0.1, -0.05) is 12.1 Å². The lowest BCUT2D eigenvalue weighted by molar-refractivity contribution is 0.100. The van der Waals surface area contributed by atoms with Gasteiger partial charge in [0.15, 0.2) is 5.78 Å². The van der Waals surface area contributed by atoms with E-state index in [1.807, 2.05) is 0 Å². The van der Waals surface area contributed by atoms with Crippen LogP contribution in [0, 0.1) is 0 Å². The molecule has 102 valence electrons. The fraction of sp³-hybridized carbons (Fsp3) is 0.133. The first kappa shape index (κ1) is 13.9. The average molecular weight is 269 g/mol. The highest BCUT2D eigenvalue weighted by Gasteiger charge is 2.09. The Balaban J connectivity index is 2.18. The molecule has 1 amide bonds. The van der Waals surface area contributed by atoms with Crippen LogP contribution in [0.3, 0.4) is 0 Å². The Hall–Kier alpha value is -2.53. The molecule has 0 aliphatic heterocycles. The molecule has 0 aliphatic rings. The molecular weight excluding hydrogens is 254 g/mol. The summed E-state index contributed by atoms with van der Waals surface area (Å²) in [7, 11) is 0. The van der Waals surface area contributed by atoms with Crippen LogP contribution in [0.5, 0.6) is 0 Å². The summed E-state index contributed by atoms with van der Waals surface area (Å²) < 4.78 is 0. The average Bonchev–Trinajstić information content (AvgIpc) is 2.47. The lowest BCUT2D eigenvalue weighted by atomic mass is 10.1. The molecule has 5 nitrogen and oxygen atoms in total. The van der Waals surface area contributed by atoms with E-state index < -0.39 is 0 Å². The maximum absolute atomic E-state index is 12.1. The highest BCUT2D eigenvalue weighted by Crippen LogP contribution is 2.12. The summed E-state index contributed by atoms with van der Waals surface area (Å²) in [6.45, 7) is 1.83. The number of carbonyl (C=O) groups is 2. The van der Waals surface area contributed by atoms with Gasteiger partial charge in [0.05, 0.1) is 0 Å². The van der Waals surface area contributed by atoms with Gasteiger partial charge in [-0.3, -0.25) is 14.6 Å². The van der Waals surface area contributed by atoms with Crippen molar-refractivity contribution in [2.75, 3.05) is 5.32 Å². The number of amides is 1. The second kappa shape index (κ2) is 6.08. The lowest BCUT2D eigenvalue weighted by Gasteiger charge is -2.06. The number of nitrogens with one attached hydrogen (secondary N) is 1. The maximum atomic E-state index is 12.1. The Morgan fingerprint density at radius 1 is 1.25 bits per heavy atom. The number of hydrogen-bond acceptors (Lipinski definition) is 4. The Labute approximate surface area is 116 Å². The third-order valence-electron chi connectivity index (χ3n) is 2.82. The van der Waals surface area contributed by atoms with E-state index in [1.54, 1.807) is 42.6 Å². The smallest absolute Gasteiger partial charge is 0.274 e. The predicted molar refractivity (Wildman–Crippen MR) is 76.5 cm³/mol. The van der Waals surface area contributed by atoms with Crippen LogP contribution in [0.25, 0.3) is 0 Å². The van der Waals surface area contributed by atoms with E-state index >= 15 is 0 Å². The largest absolute Gasteiger partial charge is 0.326 e. The molecule has 0 aliphatic carbocycles. The maximum Gasteiger partial charge on any atom is 0.274 e. The van der Waals surface area contributed by atoms with Gasteiger partial charge in [0.1, 0.15) is 5.69 Å². The molecule has 5 heteroatoms. The molecule has 0 saturated carbocycles. The molecule has 20 heavy (non-hydrogen) atoms. The number of nitrogens with two attached hydrogens (primary N) is 1. The SMILES string of the molecule is CC(=O)c1cccc(NC(=O)c2cc(CN)ccn2)c1. The van der Waals surface area contributed by atoms with Gasteiger partial charge in [-0.25, -0.2) is 0 Å². The van der Waals surface area contributed by atoms with Crippen molar-refractivity contribution in [3.63, 3.8) is 0 Å². The summed E-state index contributed by atoms with van der Waals surface area (Å²) in [6.07, 6.45) is 1.54. The van der Waals surface area contributed by atoms with Gasteiger partial charge in [-0.15, -0.1) is 0 Å². The van der Waals surface area contributed by atoms with Crippen LogP contribution in [0.4, 0.5) is 5.69 Å². The predicted octanol–water partition coefficient (Wildman–Crippen LogP) is 2.00. The minimum absolute atomic E-state index is 0.0515. The van der Waals surface area contributed by atoms with Crippen molar-refractivity contribution in [3.05, 3.63) is 59.4 Å². The standard InChI is InChI=1S/C15H15N3O2/c1-10(19)12-3-2-4-13(8-12)18-15(20)14-7-11(9-16)5-6-17-14/h2-8H,9,16H2,1H3,(H,18,20). The number of anilines is 1. The molecule has 0 spiro atoms. The first-order valence-electron chi connectivity index (χ1n) is 6.17. The number of carbonyl (C=O) groups excluding carboxylic acids is 2. The highest BCUT2D eigenvalue weighted by molar-refractivity contribution is 6.04. The van der Waals surface area contributed by atoms with Crippen LogP contribution in [0.15, 0.2) is 42.6 Å². The van der Waals surface area contributed by atoms with Crippen molar-refractivity contribution in [2.24, 2.45) is 5.73 Å². The van der Waals surface area contributed by atoms with Crippen LogP contribution >= 0.6 is 0 Å². The molecule has 0 radical (unpaired) electrons. The fourth-order valence-electron chi connectivity index (χ4n) is 1.74. The quantitative estimate of drug-likeness (QED) is 0.831. The van der Waals surface area contributed by atoms with Crippen LogP contribution < -0.4 is 11.1 Å². The zero-order chi connectivity index (χ0) is 14.5. The highest BCUT2D eigenvalue weighted by atomic mass is 16.2. The molecule has 1 heterocycles. The van der Waals surface area contributed by atoms with E-state index in [2.05, 4.69) is 10.3 Å². The summed E-state index contributed by atoms with van der Waals surface area (Å²) in [5.74, 6) is -0.384. The van der Waals surface area contributed by atoms with Crippen LogP contribution in [0.2, 0.25) is 0 Å². The third-order valence-corrected chi connectivity index (χ3v) is 2.82. The van der Waals surface area contributed by atoms with E-state index in [4.69, 9.17) is 5.73 Å². The summed E-state index contributed by atoms with van der Waals surface area (Å²) in [5.41, 5.74) is 7.76. The van der Waals surface area contributed by atoms with Crippen molar-refractivity contribution in [2.45, 2.75) is 13.5 Å². The Morgan fingerprint density at radius 2 is 2.05 bits per heavy atom. The van der Waals surface area contributed by atoms with Gasteiger partial charge in [0, 0.05) is 24.0 Å². The number of benzene rings is 1. The van der Waals surface area contributed by atoms with Crippen LogP contribution in [-0.2, 0) is 6.54 Å². The van der Waals surface area contributed by atoms with Crippen molar-refractivity contribution >= 4 is 17.4 Å². The summed E-state index contributed by atoms with van der Waals surface area (Å²) in [4.78, 5) is 27.4. The minimum Gasteiger partial charge on any atom is -0.326 e. The van der Waals surface area contributed by atoms with Crippen molar-refractivity contribution in [3.8, 4) is 0 Å². The second-order valence-corrected chi connectivity index (χ2v) is 4.34. The molecule has 0 saturated heterocycles. The van der Waals surface area contributed by atoms with Crippen molar-refractivity contribution in [1.29, 1.82) is 0 Å². The van der Waals surface area contributed by atoms with Crippen LogP contribution in [0.1, 0.15) is 33.3 Å². The van der Waals surface area contributed by atoms with Gasteiger partial charge < -0.3 is 11.1 Å². The molecule has 2 aromatic rings. The number of nitrogens with zero attached hydrogens (tertiary/aromatic N) is 1. The second-order valence-electron chi connectivity index (χ2n) is 4.34. The van der Waals surface area contributed by atoms with Gasteiger partial charge >= 0.3 is 0 Å². The number of pyridine rings is 1. The Bertz CT molecular complexity index is 653. The van der Waals surface area contributed by atoms with E-state index in [9.17, 15) is 9.59 Å². The fourth-order valence-corrected chi connectivity index (χ4v) is 1.74. The zero-order valence-electron chi connectivity index (χ0n) is 11.1. The summed E-state index contributed by atoms with van der Waals surface area (Å²) >= 11 is 0. The number of rotatable bonds is 4. The molecule has 1 aromatic heterocycles. The van der Waals surface area contributed by atoms with Gasteiger partial charge in [0.2, 0.25) is 0 Å². The van der Waals surface area contributed by atoms with E-state index in [-0.39, 0.29) is 11.7 Å². The number of ketones is 1. The molecule has 0 unspecified atom stereocenters. The van der Waals surface area contributed by atoms with Crippen molar-refractivity contribution in [1.82, 2.24) is 4.98 Å². The first-order chi connectivity index (χ1) is 9.60. The monoisotopic (exact) mass is 269 g/mol. The van der Waals surface area contributed by atoms with E-state index in [1.165, 1.54) is 6.92 Å². The summed E-state index contributed by atoms with van der Waals surface area (Å²) in [6, 6.07) is 10.2.